The van der Waals surface area contributed by atoms with Gasteiger partial charge in [0.2, 0.25) is 0 Å². The van der Waals surface area contributed by atoms with E-state index in [4.69, 9.17) is 16.7 Å². The zero-order valence-corrected chi connectivity index (χ0v) is 18.1. The fourth-order valence-electron chi connectivity index (χ4n) is 4.86. The maximum Gasteiger partial charge on any atom is 0.133 e. The van der Waals surface area contributed by atoms with Gasteiger partial charge in [0.25, 0.3) is 0 Å². The molecule has 0 saturated carbocycles. The Morgan fingerprint density at radius 1 is 0.967 bits per heavy atom. The first kappa shape index (κ1) is 19.7. The average molecular weight is 421 g/mol. The fourth-order valence-corrected chi connectivity index (χ4v) is 5.08. The van der Waals surface area contributed by atoms with Gasteiger partial charge in [0.05, 0.1) is 16.4 Å². The maximum atomic E-state index is 6.54. The van der Waals surface area contributed by atoms with Gasteiger partial charge in [-0.3, -0.25) is 4.90 Å². The van der Waals surface area contributed by atoms with E-state index < -0.39 is 0 Å². The minimum Gasteiger partial charge on any atom is -0.370 e. The Morgan fingerprint density at radius 3 is 2.53 bits per heavy atom. The van der Waals surface area contributed by atoms with Crippen LogP contribution in [-0.4, -0.2) is 34.3 Å². The number of benzene rings is 2. The highest BCUT2D eigenvalue weighted by Crippen LogP contribution is 2.37. The second-order valence-corrected chi connectivity index (χ2v) is 8.90. The highest BCUT2D eigenvalue weighted by molar-refractivity contribution is 6.32. The van der Waals surface area contributed by atoms with Gasteiger partial charge in [-0.25, -0.2) is 4.68 Å². The van der Waals surface area contributed by atoms with Crippen LogP contribution in [0.3, 0.4) is 0 Å². The highest BCUT2D eigenvalue weighted by atomic mass is 35.5. The number of para-hydroxylation sites is 1. The molecule has 5 heteroatoms. The maximum absolute atomic E-state index is 6.54. The summed E-state index contributed by atoms with van der Waals surface area (Å²) in [5.74, 6) is 1.68. The number of likely N-dealkylation sites (tertiary alicyclic amines) is 1. The molecule has 0 aliphatic carbocycles. The van der Waals surface area contributed by atoms with Crippen molar-refractivity contribution >= 4 is 17.4 Å². The van der Waals surface area contributed by atoms with Crippen LogP contribution in [0.1, 0.15) is 48.4 Å². The van der Waals surface area contributed by atoms with E-state index >= 15 is 0 Å². The van der Waals surface area contributed by atoms with Crippen LogP contribution >= 0.6 is 11.6 Å². The lowest BCUT2D eigenvalue weighted by Gasteiger charge is -2.31. The van der Waals surface area contributed by atoms with Gasteiger partial charge in [0.15, 0.2) is 0 Å². The summed E-state index contributed by atoms with van der Waals surface area (Å²) in [5, 5.41) is 9.55. The third kappa shape index (κ3) is 3.99. The fraction of sp³-hybridized carbons (Fsp3) is 0.400. The Balaban J connectivity index is 1.39. The van der Waals surface area contributed by atoms with Gasteiger partial charge >= 0.3 is 0 Å². The Bertz CT molecular complexity index is 990. The van der Waals surface area contributed by atoms with Crippen LogP contribution in [0.25, 0.3) is 5.69 Å². The first-order valence-electron chi connectivity index (χ1n) is 11.2. The molecule has 1 saturated heterocycles. The zero-order chi connectivity index (χ0) is 20.3. The molecule has 0 unspecified atom stereocenters. The van der Waals surface area contributed by atoms with E-state index in [0.29, 0.717) is 5.92 Å². The van der Waals surface area contributed by atoms with Crippen LogP contribution in [-0.2, 0) is 13.0 Å². The Kier molecular flexibility index (Phi) is 5.78. The summed E-state index contributed by atoms with van der Waals surface area (Å²) >= 11 is 6.54. The third-order valence-electron chi connectivity index (χ3n) is 6.46. The summed E-state index contributed by atoms with van der Waals surface area (Å²) in [5.41, 5.74) is 5.07. The quantitative estimate of drug-likeness (QED) is 0.591. The molecule has 3 aromatic rings. The lowest BCUT2D eigenvalue weighted by Crippen LogP contribution is -2.32. The number of halogens is 1. The summed E-state index contributed by atoms with van der Waals surface area (Å²) < 4.78 is 2.06. The molecule has 2 aromatic carbocycles. The van der Waals surface area contributed by atoms with E-state index in [0.717, 1.165) is 49.1 Å². The molecule has 1 aromatic heterocycles. The molecule has 5 rings (SSSR count). The van der Waals surface area contributed by atoms with Gasteiger partial charge in [-0.1, -0.05) is 54.1 Å². The van der Waals surface area contributed by atoms with E-state index in [9.17, 15) is 0 Å². The SMILES string of the molecule is Clc1ccccc1-n1nc(C2CCN(Cc3ccccc3)CC2)c2c1NCCCC2. The lowest BCUT2D eigenvalue weighted by molar-refractivity contribution is 0.203. The van der Waals surface area contributed by atoms with Crippen LogP contribution < -0.4 is 5.32 Å². The molecule has 2 aliphatic heterocycles. The van der Waals surface area contributed by atoms with Crippen molar-refractivity contribution in [3.05, 3.63) is 76.4 Å². The number of nitrogens with zero attached hydrogens (tertiary/aromatic N) is 3. The third-order valence-corrected chi connectivity index (χ3v) is 6.78. The number of aromatic nitrogens is 2. The molecule has 0 radical (unpaired) electrons. The first-order chi connectivity index (χ1) is 14.8. The molecule has 4 nitrogen and oxygen atoms in total. The number of hydrogen-bond donors (Lipinski definition) is 1. The van der Waals surface area contributed by atoms with Crippen molar-refractivity contribution in [1.29, 1.82) is 0 Å². The zero-order valence-electron chi connectivity index (χ0n) is 17.4. The Labute approximate surface area is 183 Å². The second-order valence-electron chi connectivity index (χ2n) is 8.50. The highest BCUT2D eigenvalue weighted by Gasteiger charge is 2.29. The summed E-state index contributed by atoms with van der Waals surface area (Å²) in [6, 6.07) is 18.8. The number of fused-ring (bicyclic) bond motifs is 1. The standard InChI is InChI=1S/C25H29ClN4/c26-22-11-4-5-12-23(22)30-25-21(10-6-7-15-27-25)24(28-30)20-13-16-29(17-14-20)18-19-8-2-1-3-9-19/h1-5,8-9,11-12,20,27H,6-7,10,13-18H2. The van der Waals surface area contributed by atoms with E-state index in [1.54, 1.807) is 0 Å². The number of piperidine rings is 1. The summed E-state index contributed by atoms with van der Waals surface area (Å²) in [6.07, 6.45) is 5.85. The van der Waals surface area contributed by atoms with E-state index in [2.05, 4.69) is 51.3 Å². The molecular formula is C25H29ClN4. The molecule has 0 spiro atoms. The Morgan fingerprint density at radius 2 is 1.73 bits per heavy atom. The van der Waals surface area contributed by atoms with Gasteiger partial charge in [-0.15, -0.1) is 0 Å². The number of nitrogens with one attached hydrogen (secondary N) is 1. The van der Waals surface area contributed by atoms with E-state index in [1.165, 1.54) is 42.5 Å². The average Bonchev–Trinajstić information content (AvgIpc) is 2.96. The molecule has 1 fully saturated rings. The van der Waals surface area contributed by atoms with Crippen molar-refractivity contribution in [3.63, 3.8) is 0 Å². The number of hydrogen-bond acceptors (Lipinski definition) is 3. The van der Waals surface area contributed by atoms with Gasteiger partial charge < -0.3 is 5.32 Å². The van der Waals surface area contributed by atoms with Crippen LogP contribution in [0.15, 0.2) is 54.6 Å². The first-order valence-corrected chi connectivity index (χ1v) is 11.5. The molecule has 0 amide bonds. The monoisotopic (exact) mass is 420 g/mol. The number of anilines is 1. The van der Waals surface area contributed by atoms with Crippen LogP contribution in [0.4, 0.5) is 5.82 Å². The van der Waals surface area contributed by atoms with Crippen LogP contribution in [0.5, 0.6) is 0 Å². The van der Waals surface area contributed by atoms with Gasteiger partial charge in [-0.2, -0.15) is 5.10 Å². The smallest absolute Gasteiger partial charge is 0.133 e. The van der Waals surface area contributed by atoms with Crippen molar-refractivity contribution < 1.29 is 0 Å². The summed E-state index contributed by atoms with van der Waals surface area (Å²) in [7, 11) is 0. The van der Waals surface area contributed by atoms with Crippen molar-refractivity contribution in [1.82, 2.24) is 14.7 Å². The molecule has 0 atom stereocenters. The molecule has 30 heavy (non-hydrogen) atoms. The van der Waals surface area contributed by atoms with Gasteiger partial charge in [0, 0.05) is 24.6 Å². The lowest BCUT2D eigenvalue weighted by atomic mass is 9.90. The second kappa shape index (κ2) is 8.83. The largest absolute Gasteiger partial charge is 0.370 e. The van der Waals surface area contributed by atoms with Crippen LogP contribution in [0, 0.1) is 0 Å². The van der Waals surface area contributed by atoms with E-state index in [1.807, 2.05) is 18.2 Å². The van der Waals surface area contributed by atoms with Crippen molar-refractivity contribution in [2.24, 2.45) is 0 Å². The number of rotatable bonds is 4. The van der Waals surface area contributed by atoms with E-state index in [-0.39, 0.29) is 0 Å². The molecule has 2 aliphatic rings. The minimum absolute atomic E-state index is 0.523. The Hall–Kier alpha value is -2.30. The molecule has 156 valence electrons. The van der Waals surface area contributed by atoms with Crippen molar-refractivity contribution in [2.75, 3.05) is 25.0 Å². The topological polar surface area (TPSA) is 33.1 Å². The molecular weight excluding hydrogens is 392 g/mol. The normalized spacial score (nSPS) is 17.9. The predicted molar refractivity (Wildman–Crippen MR) is 124 cm³/mol. The minimum atomic E-state index is 0.523. The van der Waals surface area contributed by atoms with Gasteiger partial charge in [-0.05, 0) is 62.9 Å². The molecule has 3 heterocycles. The van der Waals surface area contributed by atoms with Gasteiger partial charge in [0.1, 0.15) is 5.82 Å². The molecule has 0 bridgehead atoms. The van der Waals surface area contributed by atoms with Crippen molar-refractivity contribution in [3.8, 4) is 5.69 Å². The predicted octanol–water partition coefficient (Wildman–Crippen LogP) is 5.65. The summed E-state index contributed by atoms with van der Waals surface area (Å²) in [6.45, 7) is 4.29. The molecule has 1 N–H and O–H groups in total. The van der Waals surface area contributed by atoms with Crippen molar-refractivity contribution in [2.45, 2.75) is 44.6 Å². The van der Waals surface area contributed by atoms with Crippen LogP contribution in [0.2, 0.25) is 5.02 Å². The summed E-state index contributed by atoms with van der Waals surface area (Å²) in [4.78, 5) is 2.58.